The Labute approximate surface area is 132 Å². The van der Waals surface area contributed by atoms with Gasteiger partial charge in [0.2, 0.25) is 0 Å². The zero-order valence-corrected chi connectivity index (χ0v) is 13.8. The van der Waals surface area contributed by atoms with Crippen LogP contribution in [-0.2, 0) is 0 Å². The van der Waals surface area contributed by atoms with Crippen molar-refractivity contribution in [3.63, 3.8) is 0 Å². The molecule has 0 spiro atoms. The van der Waals surface area contributed by atoms with Gasteiger partial charge in [-0.15, -0.1) is 17.9 Å². The third kappa shape index (κ3) is 4.94. The Kier molecular flexibility index (Phi) is 6.90. The van der Waals surface area contributed by atoms with Gasteiger partial charge in [-0.3, -0.25) is 4.98 Å². The third-order valence-electron chi connectivity index (χ3n) is 3.77. The number of allylic oxidation sites excluding steroid dienone is 1. The number of unbranched alkanes of at least 4 members (excludes halogenated alkanes) is 3. The molecule has 0 aliphatic heterocycles. The Morgan fingerprint density at radius 3 is 3.10 bits per heavy atom. The molecule has 2 aromatic rings. The molecule has 2 aromatic heterocycles. The lowest BCUT2D eigenvalue weighted by Gasteiger charge is -2.18. The summed E-state index contributed by atoms with van der Waals surface area (Å²) < 4.78 is 1.29. The van der Waals surface area contributed by atoms with E-state index in [0.29, 0.717) is 6.04 Å². The van der Waals surface area contributed by atoms with E-state index in [1.165, 1.54) is 42.4 Å². The fraction of sp³-hybridized carbons (Fsp3) is 0.500. The highest BCUT2D eigenvalue weighted by Crippen LogP contribution is 2.25. The maximum Gasteiger partial charge on any atom is 0.0809 e. The first-order valence-electron chi connectivity index (χ1n) is 8.02. The smallest absolute Gasteiger partial charge is 0.0809 e. The highest BCUT2D eigenvalue weighted by Gasteiger charge is 2.12. The van der Waals surface area contributed by atoms with Gasteiger partial charge in [0, 0.05) is 12.2 Å². The minimum Gasteiger partial charge on any atom is -0.310 e. The van der Waals surface area contributed by atoms with Crippen molar-refractivity contribution >= 4 is 21.6 Å². The second-order valence-corrected chi connectivity index (χ2v) is 6.45. The van der Waals surface area contributed by atoms with Crippen LogP contribution in [0.3, 0.4) is 0 Å². The first-order valence-corrected chi connectivity index (χ1v) is 8.90. The molecule has 1 unspecified atom stereocenters. The summed E-state index contributed by atoms with van der Waals surface area (Å²) in [5, 5.41) is 5.79. The Bertz CT molecular complexity index is 547. The number of fused-ring (bicyclic) bond motifs is 1. The maximum absolute atomic E-state index is 4.58. The Hall–Kier alpha value is -1.19. The zero-order chi connectivity index (χ0) is 14.9. The minimum absolute atomic E-state index is 0.438. The van der Waals surface area contributed by atoms with E-state index < -0.39 is 0 Å². The van der Waals surface area contributed by atoms with Crippen LogP contribution in [0.5, 0.6) is 0 Å². The van der Waals surface area contributed by atoms with Gasteiger partial charge in [-0.1, -0.05) is 25.8 Å². The molecule has 2 rings (SSSR count). The number of nitrogens with zero attached hydrogens (tertiary/aromatic N) is 1. The largest absolute Gasteiger partial charge is 0.310 e. The predicted molar refractivity (Wildman–Crippen MR) is 93.9 cm³/mol. The van der Waals surface area contributed by atoms with Crippen LogP contribution in [0, 0.1) is 0 Å². The fourth-order valence-corrected chi connectivity index (χ4v) is 3.36. The van der Waals surface area contributed by atoms with Crippen LogP contribution in [0.15, 0.2) is 36.4 Å². The van der Waals surface area contributed by atoms with E-state index in [0.717, 1.165) is 18.5 Å². The van der Waals surface area contributed by atoms with E-state index in [9.17, 15) is 0 Å². The first kappa shape index (κ1) is 16.2. The van der Waals surface area contributed by atoms with E-state index in [2.05, 4.69) is 41.3 Å². The van der Waals surface area contributed by atoms with E-state index in [-0.39, 0.29) is 0 Å². The number of hydrogen-bond donors (Lipinski definition) is 1. The molecule has 0 fully saturated rings. The molecule has 1 N–H and O–H groups in total. The monoisotopic (exact) mass is 302 g/mol. The van der Waals surface area contributed by atoms with Crippen molar-refractivity contribution in [1.82, 2.24) is 10.3 Å². The van der Waals surface area contributed by atoms with Gasteiger partial charge in [-0.2, -0.15) is 0 Å². The molecular weight excluding hydrogens is 276 g/mol. The molecular formula is C18H26N2S. The summed E-state index contributed by atoms with van der Waals surface area (Å²) in [6.45, 7) is 7.07. The summed E-state index contributed by atoms with van der Waals surface area (Å²) in [6, 6.07) is 4.84. The van der Waals surface area contributed by atoms with Crippen LogP contribution in [0.25, 0.3) is 10.2 Å². The molecule has 0 radical (unpaired) electrons. The standard InChI is InChI=1S/C18H26N2S/c1-3-5-6-7-8-9-16(19-11-4-2)15-13-18-17(20-14-15)10-12-21-18/h3,10,12-14,16,19H,1,4-9,11H2,2H3. The molecule has 0 aromatic carbocycles. The molecule has 21 heavy (non-hydrogen) atoms. The predicted octanol–water partition coefficient (Wildman–Crippen LogP) is 5.47. The summed E-state index contributed by atoms with van der Waals surface area (Å²) in [4.78, 5) is 4.58. The summed E-state index contributed by atoms with van der Waals surface area (Å²) in [5.74, 6) is 0. The van der Waals surface area contributed by atoms with Crippen LogP contribution in [0.2, 0.25) is 0 Å². The lowest BCUT2D eigenvalue weighted by Crippen LogP contribution is -2.22. The lowest BCUT2D eigenvalue weighted by molar-refractivity contribution is 0.471. The van der Waals surface area contributed by atoms with Crippen molar-refractivity contribution in [3.8, 4) is 0 Å². The number of pyridine rings is 1. The van der Waals surface area contributed by atoms with Gasteiger partial charge in [0.05, 0.1) is 10.2 Å². The van der Waals surface area contributed by atoms with Gasteiger partial charge in [0.15, 0.2) is 0 Å². The van der Waals surface area contributed by atoms with E-state index in [1.807, 2.05) is 12.3 Å². The van der Waals surface area contributed by atoms with Gasteiger partial charge in [-0.05, 0) is 55.3 Å². The van der Waals surface area contributed by atoms with Crippen molar-refractivity contribution in [2.45, 2.75) is 51.5 Å². The highest BCUT2D eigenvalue weighted by molar-refractivity contribution is 7.17. The molecule has 114 valence electrons. The topological polar surface area (TPSA) is 24.9 Å². The summed E-state index contributed by atoms with van der Waals surface area (Å²) >= 11 is 1.78. The molecule has 0 bridgehead atoms. The molecule has 3 heteroatoms. The van der Waals surface area contributed by atoms with Crippen molar-refractivity contribution < 1.29 is 0 Å². The molecule has 0 aliphatic rings. The summed E-state index contributed by atoms with van der Waals surface area (Å²) in [6.07, 6.45) is 11.4. The van der Waals surface area contributed by atoms with Crippen LogP contribution >= 0.6 is 11.3 Å². The highest BCUT2D eigenvalue weighted by atomic mass is 32.1. The molecule has 0 aliphatic carbocycles. The van der Waals surface area contributed by atoms with Crippen LogP contribution < -0.4 is 5.32 Å². The fourth-order valence-electron chi connectivity index (χ4n) is 2.57. The van der Waals surface area contributed by atoms with Crippen LogP contribution in [-0.4, -0.2) is 11.5 Å². The summed E-state index contributed by atoms with van der Waals surface area (Å²) in [5.41, 5.74) is 2.45. The number of rotatable bonds is 10. The third-order valence-corrected chi connectivity index (χ3v) is 4.62. The Morgan fingerprint density at radius 2 is 2.29 bits per heavy atom. The van der Waals surface area contributed by atoms with Gasteiger partial charge < -0.3 is 5.32 Å². The van der Waals surface area contributed by atoms with E-state index in [4.69, 9.17) is 0 Å². The van der Waals surface area contributed by atoms with E-state index in [1.54, 1.807) is 11.3 Å². The van der Waals surface area contributed by atoms with Gasteiger partial charge in [-0.25, -0.2) is 0 Å². The molecule has 1 atom stereocenters. The van der Waals surface area contributed by atoms with Crippen LogP contribution in [0.1, 0.15) is 57.1 Å². The molecule has 0 amide bonds. The normalized spacial score (nSPS) is 12.6. The second-order valence-electron chi connectivity index (χ2n) is 5.51. The van der Waals surface area contributed by atoms with E-state index >= 15 is 0 Å². The van der Waals surface area contributed by atoms with Crippen molar-refractivity contribution in [2.24, 2.45) is 0 Å². The first-order chi connectivity index (χ1) is 10.3. The average Bonchev–Trinajstić information content (AvgIpc) is 2.97. The number of thiophene rings is 1. The van der Waals surface area contributed by atoms with Crippen molar-refractivity contribution in [1.29, 1.82) is 0 Å². The summed E-state index contributed by atoms with van der Waals surface area (Å²) in [7, 11) is 0. The van der Waals surface area contributed by atoms with Gasteiger partial charge >= 0.3 is 0 Å². The molecule has 2 heterocycles. The van der Waals surface area contributed by atoms with Crippen molar-refractivity contribution in [3.05, 3.63) is 41.9 Å². The quantitative estimate of drug-likeness (QED) is 0.465. The molecule has 0 saturated heterocycles. The number of hydrogen-bond acceptors (Lipinski definition) is 3. The maximum atomic E-state index is 4.58. The van der Waals surface area contributed by atoms with Crippen LogP contribution in [0.4, 0.5) is 0 Å². The Balaban J connectivity index is 1.98. The number of nitrogens with one attached hydrogen (secondary N) is 1. The minimum atomic E-state index is 0.438. The van der Waals surface area contributed by atoms with Crippen molar-refractivity contribution in [2.75, 3.05) is 6.54 Å². The van der Waals surface area contributed by atoms with Gasteiger partial charge in [0.25, 0.3) is 0 Å². The number of aromatic nitrogens is 1. The Morgan fingerprint density at radius 1 is 1.38 bits per heavy atom. The molecule has 2 nitrogen and oxygen atoms in total. The lowest BCUT2D eigenvalue weighted by atomic mass is 10.0. The SMILES string of the molecule is C=CCCCCCC(NCCC)c1cnc2ccsc2c1. The second kappa shape index (κ2) is 8.96. The zero-order valence-electron chi connectivity index (χ0n) is 13.0. The molecule has 0 saturated carbocycles. The average molecular weight is 302 g/mol. The van der Waals surface area contributed by atoms with Gasteiger partial charge in [0.1, 0.15) is 0 Å².